The molecule has 2 heterocycles. The van der Waals surface area contributed by atoms with E-state index in [4.69, 9.17) is 11.5 Å². The van der Waals surface area contributed by atoms with E-state index >= 15 is 0 Å². The maximum atomic E-state index is 12.4. The average Bonchev–Trinajstić information content (AvgIpc) is 2.35. The van der Waals surface area contributed by atoms with Crippen LogP contribution in [-0.4, -0.2) is 9.97 Å². The van der Waals surface area contributed by atoms with Crippen LogP contribution in [0.3, 0.4) is 0 Å². The summed E-state index contributed by atoms with van der Waals surface area (Å²) in [4.78, 5) is 7.43. The van der Waals surface area contributed by atoms with Crippen molar-refractivity contribution in [3.63, 3.8) is 0 Å². The number of pyridine rings is 2. The second-order valence-corrected chi connectivity index (χ2v) is 3.71. The Bertz CT molecular complexity index is 580. The molecule has 0 saturated heterocycles. The third-order valence-electron chi connectivity index (χ3n) is 2.37. The number of anilines is 4. The molecule has 0 spiro atoms. The molecule has 5 nitrogen and oxygen atoms in total. The van der Waals surface area contributed by atoms with Crippen LogP contribution in [0.4, 0.5) is 36.2 Å². The highest BCUT2D eigenvalue weighted by Gasteiger charge is 2.30. The Hall–Kier alpha value is -2.51. The van der Waals surface area contributed by atoms with Crippen LogP contribution in [0, 0.1) is 0 Å². The van der Waals surface area contributed by atoms with Crippen molar-refractivity contribution in [1.29, 1.82) is 0 Å². The van der Waals surface area contributed by atoms with Gasteiger partial charge in [0.25, 0.3) is 0 Å². The highest BCUT2D eigenvalue weighted by molar-refractivity contribution is 5.78. The topological polar surface area (TPSA) is 89.8 Å². The Morgan fingerprint density at radius 2 is 1.79 bits per heavy atom. The first-order valence-electron chi connectivity index (χ1n) is 5.18. The predicted molar refractivity (Wildman–Crippen MR) is 65.6 cm³/mol. The van der Waals surface area contributed by atoms with Gasteiger partial charge in [-0.3, -0.25) is 0 Å². The molecule has 2 rings (SSSR count). The molecule has 0 aliphatic carbocycles. The summed E-state index contributed by atoms with van der Waals surface area (Å²) in [7, 11) is 0. The Morgan fingerprint density at radius 3 is 2.37 bits per heavy atom. The third-order valence-corrected chi connectivity index (χ3v) is 2.37. The zero-order valence-electron chi connectivity index (χ0n) is 9.57. The van der Waals surface area contributed by atoms with Gasteiger partial charge >= 0.3 is 6.18 Å². The monoisotopic (exact) mass is 269 g/mol. The molecule has 19 heavy (non-hydrogen) atoms. The molecule has 0 radical (unpaired) electrons. The highest BCUT2D eigenvalue weighted by atomic mass is 19.4. The van der Waals surface area contributed by atoms with Crippen LogP contribution in [0.2, 0.25) is 0 Å². The number of hydrogen-bond acceptors (Lipinski definition) is 5. The number of rotatable bonds is 2. The molecule has 2 aromatic heterocycles. The van der Waals surface area contributed by atoms with Gasteiger partial charge in [0.05, 0.1) is 16.9 Å². The molecule has 0 saturated carbocycles. The van der Waals surface area contributed by atoms with Crippen molar-refractivity contribution in [2.45, 2.75) is 6.18 Å². The van der Waals surface area contributed by atoms with E-state index in [9.17, 15) is 13.2 Å². The normalized spacial score (nSPS) is 11.3. The van der Waals surface area contributed by atoms with E-state index in [1.54, 1.807) is 6.07 Å². The van der Waals surface area contributed by atoms with Crippen molar-refractivity contribution in [1.82, 2.24) is 9.97 Å². The second-order valence-electron chi connectivity index (χ2n) is 3.71. The largest absolute Gasteiger partial charge is 0.417 e. The summed E-state index contributed by atoms with van der Waals surface area (Å²) in [6.45, 7) is 0. The van der Waals surface area contributed by atoms with Crippen molar-refractivity contribution < 1.29 is 13.2 Å². The van der Waals surface area contributed by atoms with E-state index in [0.717, 1.165) is 12.3 Å². The molecule has 2 aromatic rings. The van der Waals surface area contributed by atoms with Gasteiger partial charge in [0, 0.05) is 12.4 Å². The first kappa shape index (κ1) is 12.9. The van der Waals surface area contributed by atoms with Gasteiger partial charge in [0.2, 0.25) is 0 Å². The number of halogens is 3. The number of alkyl halides is 3. The number of aromatic nitrogens is 2. The third kappa shape index (κ3) is 2.84. The Labute approximate surface area is 106 Å². The van der Waals surface area contributed by atoms with Crippen LogP contribution in [0.1, 0.15) is 5.56 Å². The van der Waals surface area contributed by atoms with Crippen LogP contribution in [0.15, 0.2) is 30.6 Å². The molecule has 8 heteroatoms. The maximum Gasteiger partial charge on any atom is 0.417 e. The summed E-state index contributed by atoms with van der Waals surface area (Å²) in [6.07, 6.45) is -2.24. The zero-order chi connectivity index (χ0) is 14.0. The summed E-state index contributed by atoms with van der Waals surface area (Å²) in [5.41, 5.74) is 11.0. The summed E-state index contributed by atoms with van der Waals surface area (Å²) in [6, 6.07) is 3.68. The molecule has 0 fully saturated rings. The van der Waals surface area contributed by atoms with Crippen LogP contribution in [0.5, 0.6) is 0 Å². The molecule has 0 atom stereocenters. The first-order chi connectivity index (χ1) is 8.88. The number of nitrogen functional groups attached to an aromatic ring is 2. The minimum atomic E-state index is -4.41. The van der Waals surface area contributed by atoms with Gasteiger partial charge in [-0.2, -0.15) is 13.2 Å². The van der Waals surface area contributed by atoms with E-state index in [0.29, 0.717) is 5.69 Å². The van der Waals surface area contributed by atoms with Crippen molar-refractivity contribution in [2.75, 3.05) is 16.8 Å². The SMILES string of the molecule is Nc1nccc(Nc2ccc(C(F)(F)F)cn2)c1N. The number of nitrogens with zero attached hydrogens (tertiary/aromatic N) is 2. The van der Waals surface area contributed by atoms with Crippen molar-refractivity contribution in [2.24, 2.45) is 0 Å². The minimum Gasteiger partial charge on any atom is -0.394 e. The average molecular weight is 269 g/mol. The lowest BCUT2D eigenvalue weighted by atomic mass is 10.2. The van der Waals surface area contributed by atoms with Crippen LogP contribution >= 0.6 is 0 Å². The van der Waals surface area contributed by atoms with Crippen LogP contribution in [0.25, 0.3) is 0 Å². The van der Waals surface area contributed by atoms with Gasteiger partial charge in [-0.25, -0.2) is 9.97 Å². The molecule has 0 aromatic carbocycles. The van der Waals surface area contributed by atoms with Gasteiger partial charge in [-0.05, 0) is 18.2 Å². The molecule has 100 valence electrons. The number of nitrogens with two attached hydrogens (primary N) is 2. The number of hydrogen-bond donors (Lipinski definition) is 3. The quantitative estimate of drug-likeness (QED) is 0.778. The van der Waals surface area contributed by atoms with Gasteiger partial charge in [-0.1, -0.05) is 0 Å². The molecule has 5 N–H and O–H groups in total. The lowest BCUT2D eigenvalue weighted by molar-refractivity contribution is -0.137. The smallest absolute Gasteiger partial charge is 0.394 e. The Kier molecular flexibility index (Phi) is 3.16. The molecule has 0 aliphatic heterocycles. The minimum absolute atomic E-state index is 0.136. The van der Waals surface area contributed by atoms with Gasteiger partial charge in [0.1, 0.15) is 11.6 Å². The van der Waals surface area contributed by atoms with Crippen LogP contribution < -0.4 is 16.8 Å². The lowest BCUT2D eigenvalue weighted by Crippen LogP contribution is -2.06. The predicted octanol–water partition coefficient (Wildman–Crippen LogP) is 2.40. The lowest BCUT2D eigenvalue weighted by Gasteiger charge is -2.10. The van der Waals surface area contributed by atoms with Crippen LogP contribution in [-0.2, 0) is 6.18 Å². The van der Waals surface area contributed by atoms with E-state index in [1.165, 1.54) is 12.3 Å². The molecular weight excluding hydrogens is 259 g/mol. The number of nitrogens with one attached hydrogen (secondary N) is 1. The fourth-order valence-electron chi connectivity index (χ4n) is 1.37. The fraction of sp³-hybridized carbons (Fsp3) is 0.0909. The summed E-state index contributed by atoms with van der Waals surface area (Å²) in [5.74, 6) is 0.363. The van der Waals surface area contributed by atoms with Crippen molar-refractivity contribution >= 4 is 23.0 Å². The fourth-order valence-corrected chi connectivity index (χ4v) is 1.37. The Balaban J connectivity index is 2.23. The summed E-state index contributed by atoms with van der Waals surface area (Å²) < 4.78 is 37.1. The van der Waals surface area contributed by atoms with Gasteiger partial charge < -0.3 is 16.8 Å². The van der Waals surface area contributed by atoms with E-state index in [-0.39, 0.29) is 17.3 Å². The molecule has 0 unspecified atom stereocenters. The maximum absolute atomic E-state index is 12.4. The van der Waals surface area contributed by atoms with Gasteiger partial charge in [-0.15, -0.1) is 0 Å². The van der Waals surface area contributed by atoms with Crippen molar-refractivity contribution in [3.8, 4) is 0 Å². The van der Waals surface area contributed by atoms with E-state index in [1.807, 2.05) is 0 Å². The molecule has 0 bridgehead atoms. The van der Waals surface area contributed by atoms with E-state index < -0.39 is 11.7 Å². The van der Waals surface area contributed by atoms with E-state index in [2.05, 4.69) is 15.3 Å². The summed E-state index contributed by atoms with van der Waals surface area (Å²) >= 11 is 0. The molecule has 0 aliphatic rings. The standard InChI is InChI=1S/C11H10F3N5/c12-11(13,14)6-1-2-8(18-5-6)19-7-3-4-17-10(16)9(7)15/h1-5H,15H2,(H3,16,17,18,19). The zero-order valence-corrected chi connectivity index (χ0v) is 9.57. The highest BCUT2D eigenvalue weighted by Crippen LogP contribution is 2.30. The Morgan fingerprint density at radius 1 is 1.05 bits per heavy atom. The second kappa shape index (κ2) is 4.63. The van der Waals surface area contributed by atoms with Gasteiger partial charge in [0.15, 0.2) is 0 Å². The summed E-state index contributed by atoms with van der Waals surface area (Å²) in [5, 5.41) is 2.77. The molecule has 0 amide bonds. The van der Waals surface area contributed by atoms with Crippen molar-refractivity contribution in [3.05, 3.63) is 36.2 Å². The first-order valence-corrected chi connectivity index (χ1v) is 5.18. The molecular formula is C11H10F3N5.